The third-order valence-corrected chi connectivity index (χ3v) is 3.95. The van der Waals surface area contributed by atoms with E-state index in [9.17, 15) is 30.7 Å². The van der Waals surface area contributed by atoms with E-state index >= 15 is 0 Å². The van der Waals surface area contributed by atoms with E-state index in [4.69, 9.17) is 4.74 Å². The normalized spacial score (nSPS) is 19.3. The second-order valence-electron chi connectivity index (χ2n) is 5.95. The van der Waals surface area contributed by atoms with Crippen LogP contribution in [0, 0.1) is 0 Å². The SMILES string of the molecule is FC(F)C(F)CC(F)(F)CC(F)(F)C1Cn2c(nc3ccccc32)O1. The number of rotatable bonds is 6. The fourth-order valence-electron chi connectivity index (χ4n) is 2.78. The zero-order valence-corrected chi connectivity index (χ0v) is 12.6. The molecule has 0 saturated carbocycles. The summed E-state index contributed by atoms with van der Waals surface area (Å²) >= 11 is 0. The van der Waals surface area contributed by atoms with Crippen molar-refractivity contribution in [3.63, 3.8) is 0 Å². The maximum atomic E-state index is 14.2. The van der Waals surface area contributed by atoms with Crippen LogP contribution in [0.4, 0.5) is 30.7 Å². The van der Waals surface area contributed by atoms with E-state index in [-0.39, 0.29) is 6.01 Å². The van der Waals surface area contributed by atoms with Gasteiger partial charge in [-0.2, -0.15) is 4.98 Å². The third kappa shape index (κ3) is 3.52. The molecule has 2 heterocycles. The summed E-state index contributed by atoms with van der Waals surface area (Å²) in [5.74, 6) is -8.34. The molecule has 0 bridgehead atoms. The largest absolute Gasteiger partial charge is 0.453 e. The molecule has 0 spiro atoms. The number of hydrogen-bond acceptors (Lipinski definition) is 2. The minimum atomic E-state index is -4.30. The Morgan fingerprint density at radius 3 is 2.52 bits per heavy atom. The molecular formula is C15H13F7N2O. The van der Waals surface area contributed by atoms with Crippen molar-refractivity contribution in [3.8, 4) is 6.01 Å². The lowest BCUT2D eigenvalue weighted by molar-refractivity contribution is -0.165. The number of fused-ring (bicyclic) bond motifs is 3. The second kappa shape index (κ2) is 6.06. The summed E-state index contributed by atoms with van der Waals surface area (Å²) in [5, 5.41) is 0. The quantitative estimate of drug-likeness (QED) is 0.703. The highest BCUT2D eigenvalue weighted by Crippen LogP contribution is 2.41. The van der Waals surface area contributed by atoms with Crippen LogP contribution in [0.5, 0.6) is 6.01 Å². The zero-order chi connectivity index (χ0) is 18.4. The van der Waals surface area contributed by atoms with E-state index in [0.29, 0.717) is 11.0 Å². The summed E-state index contributed by atoms with van der Waals surface area (Å²) < 4.78 is 98.6. The van der Waals surface area contributed by atoms with Crippen molar-refractivity contribution < 1.29 is 35.5 Å². The summed E-state index contributed by atoms with van der Waals surface area (Å²) in [7, 11) is 0. The van der Waals surface area contributed by atoms with Gasteiger partial charge < -0.3 is 4.74 Å². The van der Waals surface area contributed by atoms with Crippen molar-refractivity contribution in [1.29, 1.82) is 0 Å². The van der Waals surface area contributed by atoms with E-state index in [1.807, 2.05) is 0 Å². The molecular weight excluding hydrogens is 357 g/mol. The standard InChI is InChI=1S/C15H13F7N2O/c16-8(12(17)18)5-14(19,20)7-15(21,22)11-6-24-10-4-2-1-3-9(10)23-13(24)25-11/h1-4,8,11-12H,5-7H2. The molecule has 1 aromatic carbocycles. The molecule has 0 radical (unpaired) electrons. The molecule has 25 heavy (non-hydrogen) atoms. The summed E-state index contributed by atoms with van der Waals surface area (Å²) in [6.07, 6.45) is -12.8. The number of benzene rings is 1. The van der Waals surface area contributed by atoms with E-state index in [1.165, 1.54) is 4.57 Å². The fourth-order valence-corrected chi connectivity index (χ4v) is 2.78. The Morgan fingerprint density at radius 1 is 1.16 bits per heavy atom. The first-order valence-electron chi connectivity index (χ1n) is 7.39. The maximum Gasteiger partial charge on any atom is 0.298 e. The monoisotopic (exact) mass is 370 g/mol. The number of imidazole rings is 1. The van der Waals surface area contributed by atoms with Gasteiger partial charge in [0, 0.05) is 6.42 Å². The molecule has 2 atom stereocenters. The van der Waals surface area contributed by atoms with Gasteiger partial charge in [0.2, 0.25) is 0 Å². The van der Waals surface area contributed by atoms with Gasteiger partial charge in [0.25, 0.3) is 24.3 Å². The lowest BCUT2D eigenvalue weighted by Crippen LogP contribution is -2.43. The van der Waals surface area contributed by atoms with Gasteiger partial charge in [-0.25, -0.2) is 30.7 Å². The summed E-state index contributed by atoms with van der Waals surface area (Å²) in [5.41, 5.74) is 1.01. The summed E-state index contributed by atoms with van der Waals surface area (Å²) in [4.78, 5) is 3.99. The fraction of sp³-hybridized carbons (Fsp3) is 0.533. The van der Waals surface area contributed by atoms with Crippen LogP contribution in [0.15, 0.2) is 24.3 Å². The van der Waals surface area contributed by atoms with Crippen molar-refractivity contribution in [2.24, 2.45) is 0 Å². The average molecular weight is 370 g/mol. The van der Waals surface area contributed by atoms with Gasteiger partial charge in [-0.15, -0.1) is 0 Å². The molecule has 3 nitrogen and oxygen atoms in total. The van der Waals surface area contributed by atoms with Crippen LogP contribution in [0.1, 0.15) is 12.8 Å². The second-order valence-corrected chi connectivity index (χ2v) is 5.95. The van der Waals surface area contributed by atoms with Gasteiger partial charge in [0.15, 0.2) is 12.3 Å². The topological polar surface area (TPSA) is 27.1 Å². The molecule has 0 N–H and O–H groups in total. The van der Waals surface area contributed by atoms with Crippen LogP contribution in [0.2, 0.25) is 0 Å². The van der Waals surface area contributed by atoms with E-state index in [2.05, 4.69) is 4.98 Å². The Bertz CT molecular complexity index is 761. The van der Waals surface area contributed by atoms with E-state index in [0.717, 1.165) is 0 Å². The number of para-hydroxylation sites is 2. The molecule has 1 aliphatic heterocycles. The van der Waals surface area contributed by atoms with Crippen LogP contribution in [-0.4, -0.2) is 40.1 Å². The van der Waals surface area contributed by atoms with Gasteiger partial charge >= 0.3 is 0 Å². The molecule has 3 rings (SSSR count). The van der Waals surface area contributed by atoms with Crippen LogP contribution in [0.25, 0.3) is 11.0 Å². The number of alkyl halides is 7. The van der Waals surface area contributed by atoms with Crippen molar-refractivity contribution in [2.75, 3.05) is 0 Å². The Labute approximate surface area is 137 Å². The van der Waals surface area contributed by atoms with Gasteiger partial charge in [-0.05, 0) is 12.1 Å². The molecule has 138 valence electrons. The molecule has 0 saturated heterocycles. The molecule has 2 unspecified atom stereocenters. The molecule has 10 heteroatoms. The van der Waals surface area contributed by atoms with Crippen molar-refractivity contribution in [3.05, 3.63) is 24.3 Å². The van der Waals surface area contributed by atoms with Crippen LogP contribution < -0.4 is 4.74 Å². The number of halogens is 7. The summed E-state index contributed by atoms with van der Waals surface area (Å²) in [6.45, 7) is -0.424. The lowest BCUT2D eigenvalue weighted by Gasteiger charge is -2.27. The first kappa shape index (κ1) is 17.8. The lowest BCUT2D eigenvalue weighted by atomic mass is 10.0. The Morgan fingerprint density at radius 2 is 1.84 bits per heavy atom. The minimum Gasteiger partial charge on any atom is -0.453 e. The van der Waals surface area contributed by atoms with Gasteiger partial charge in [-0.3, -0.25) is 4.57 Å². The highest BCUT2D eigenvalue weighted by molar-refractivity contribution is 5.76. The minimum absolute atomic E-state index is 0.134. The number of ether oxygens (including phenoxy) is 1. The molecule has 2 aromatic rings. The summed E-state index contributed by atoms with van der Waals surface area (Å²) in [6, 6.07) is 6.46. The molecule has 1 aliphatic rings. The highest BCUT2D eigenvalue weighted by Gasteiger charge is 2.53. The maximum absolute atomic E-state index is 14.2. The van der Waals surface area contributed by atoms with Crippen LogP contribution in [0.3, 0.4) is 0 Å². The predicted octanol–water partition coefficient (Wildman–Crippen LogP) is 4.45. The Kier molecular flexibility index (Phi) is 4.32. The Balaban J connectivity index is 1.72. The molecule has 0 amide bonds. The van der Waals surface area contributed by atoms with Gasteiger partial charge in [0.1, 0.15) is 0 Å². The average Bonchev–Trinajstić information content (AvgIpc) is 3.03. The number of hydrogen-bond donors (Lipinski definition) is 0. The predicted molar refractivity (Wildman–Crippen MR) is 74.2 cm³/mol. The van der Waals surface area contributed by atoms with Crippen molar-refractivity contribution >= 4 is 11.0 Å². The van der Waals surface area contributed by atoms with Crippen LogP contribution >= 0.6 is 0 Å². The first-order chi connectivity index (χ1) is 11.6. The molecule has 1 aromatic heterocycles. The first-order valence-corrected chi connectivity index (χ1v) is 7.39. The smallest absolute Gasteiger partial charge is 0.298 e. The van der Waals surface area contributed by atoms with Crippen molar-refractivity contribution in [2.45, 2.75) is 49.9 Å². The molecule has 0 fully saturated rings. The molecule has 0 aliphatic carbocycles. The van der Waals surface area contributed by atoms with E-state index in [1.54, 1.807) is 24.3 Å². The van der Waals surface area contributed by atoms with Crippen LogP contribution in [-0.2, 0) is 6.54 Å². The Hall–Kier alpha value is -2.00. The van der Waals surface area contributed by atoms with E-state index < -0.39 is 49.9 Å². The van der Waals surface area contributed by atoms with Crippen molar-refractivity contribution in [1.82, 2.24) is 9.55 Å². The number of aromatic nitrogens is 2. The zero-order valence-electron chi connectivity index (χ0n) is 12.6. The van der Waals surface area contributed by atoms with Gasteiger partial charge in [0.05, 0.1) is 24.0 Å². The highest BCUT2D eigenvalue weighted by atomic mass is 19.3. The third-order valence-electron chi connectivity index (χ3n) is 3.95. The van der Waals surface area contributed by atoms with Gasteiger partial charge in [-0.1, -0.05) is 12.1 Å². The number of nitrogens with zero attached hydrogens (tertiary/aromatic N) is 2.